The Bertz CT molecular complexity index is 162. The summed E-state index contributed by atoms with van der Waals surface area (Å²) in [7, 11) is 0. The minimum Gasteiger partial charge on any atom is -0.565 e. The molecule has 14 heteroatoms. The van der Waals surface area contributed by atoms with Gasteiger partial charge in [-0.25, -0.2) is 0 Å². The minimum absolute atomic E-state index is 0. The van der Waals surface area contributed by atoms with Gasteiger partial charge in [-0.05, 0) is 0 Å². The Morgan fingerprint density at radius 1 is 0.500 bits per heavy atom. The molecular weight excluding hydrogens is 320 g/mol. The molecule has 0 unspecified atom stereocenters. The van der Waals surface area contributed by atoms with Crippen LogP contribution < -0.4 is 20.4 Å². The number of carbonyl (C=O) groups is 4. The molecule has 18 heavy (non-hydrogen) atoms. The van der Waals surface area contributed by atoms with Crippen LogP contribution in [0.1, 0.15) is 0 Å². The molecule has 0 amide bonds. The summed E-state index contributed by atoms with van der Waals surface area (Å²) in [5, 5.41) is 61.2. The molecule has 12 nitrogen and oxygen atoms in total. The Kier molecular flexibility index (Phi) is 60.1. The summed E-state index contributed by atoms with van der Waals surface area (Å²) in [5.74, 6) is 0. The van der Waals surface area contributed by atoms with Crippen LogP contribution in [-0.2, 0) is 0 Å². The van der Waals surface area contributed by atoms with E-state index < -0.39 is 24.6 Å². The molecule has 0 aliphatic rings. The van der Waals surface area contributed by atoms with E-state index in [0.29, 0.717) is 0 Å². The molecule has 0 aliphatic carbocycles. The fourth-order valence-corrected chi connectivity index (χ4v) is 0. The van der Waals surface area contributed by atoms with E-state index in [1.54, 1.807) is 0 Å². The fourth-order valence-electron chi connectivity index (χ4n) is 0. The van der Waals surface area contributed by atoms with Crippen molar-refractivity contribution in [3.05, 3.63) is 0 Å². The number of hydrogen-bond acceptors (Lipinski definition) is 8. The van der Waals surface area contributed by atoms with Gasteiger partial charge in [0.2, 0.25) is 24.6 Å². The summed E-state index contributed by atoms with van der Waals surface area (Å²) < 4.78 is 0. The van der Waals surface area contributed by atoms with Crippen LogP contribution in [0.2, 0.25) is 0 Å². The summed E-state index contributed by atoms with van der Waals surface area (Å²) in [5.41, 5.74) is 0. The molecule has 0 radical (unpaired) electrons. The zero-order chi connectivity index (χ0) is 14.3. The first-order valence-electron chi connectivity index (χ1n) is 2.53. The molecule has 0 aromatic heterocycles. The Labute approximate surface area is 158 Å². The van der Waals surface area contributed by atoms with Gasteiger partial charge < -0.3 is 60.0 Å². The molecule has 0 aromatic rings. The first kappa shape index (κ1) is 36.0. The van der Waals surface area contributed by atoms with Gasteiger partial charge in [-0.1, -0.05) is 0 Å². The number of carboxylic acid groups (broad SMARTS) is 8. The Morgan fingerprint density at radius 2 is 0.500 bits per heavy atom. The monoisotopic (exact) mass is 324 g/mol. The van der Waals surface area contributed by atoms with Gasteiger partial charge in [-0.15, -0.1) is 0 Å². The Morgan fingerprint density at radius 3 is 0.500 bits per heavy atom. The van der Waals surface area contributed by atoms with Gasteiger partial charge in [-0.3, -0.25) is 0 Å². The molecule has 96 valence electrons. The van der Waals surface area contributed by atoms with Crippen molar-refractivity contribution in [3.8, 4) is 0 Å². The van der Waals surface area contributed by atoms with Gasteiger partial charge in [0.05, 0.1) is 0 Å². The van der Waals surface area contributed by atoms with E-state index in [4.69, 9.17) is 60.0 Å². The van der Waals surface area contributed by atoms with Crippen LogP contribution in [0, 0.1) is 0 Å². The molecule has 0 fully saturated rings. The van der Waals surface area contributed by atoms with E-state index in [1.165, 1.54) is 0 Å². The van der Waals surface area contributed by atoms with Crippen LogP contribution in [0.15, 0.2) is 0 Å². The van der Waals surface area contributed by atoms with E-state index in [0.717, 1.165) is 0 Å². The third kappa shape index (κ3) is 20700. The maximum atomic E-state index is 8.44. The summed E-state index contributed by atoms with van der Waals surface area (Å²) in [6, 6.07) is 0. The summed E-state index contributed by atoms with van der Waals surface area (Å²) >= 11 is 0. The predicted molar refractivity (Wildman–Crippen MR) is 43.6 cm³/mol. The van der Waals surface area contributed by atoms with Crippen molar-refractivity contribution in [1.82, 2.24) is 0 Å². The SMILES string of the molecule is O=C([O-])O.O=C([O-])O.O=C([O-])O.O=C([O-])O.[Ca+2].[Ca+2]. The van der Waals surface area contributed by atoms with Crippen LogP contribution in [0.5, 0.6) is 0 Å². The second-order valence-corrected chi connectivity index (χ2v) is 1.06. The quantitative estimate of drug-likeness (QED) is 0.305. The van der Waals surface area contributed by atoms with Crippen molar-refractivity contribution in [2.45, 2.75) is 0 Å². The average Bonchev–Trinajstić information content (AvgIpc) is 1.76. The van der Waals surface area contributed by atoms with E-state index in [-0.39, 0.29) is 75.5 Å². The van der Waals surface area contributed by atoms with Crippen molar-refractivity contribution >= 4 is 100 Å². The third-order valence-electron chi connectivity index (χ3n) is 0. The molecule has 0 spiro atoms. The van der Waals surface area contributed by atoms with E-state index >= 15 is 0 Å². The maximum Gasteiger partial charge on any atom is 2.00 e. The fraction of sp³-hybridized carbons (Fsp3) is 0. The van der Waals surface area contributed by atoms with Gasteiger partial charge in [0.15, 0.2) is 0 Å². The molecule has 0 saturated carbocycles. The van der Waals surface area contributed by atoms with Gasteiger partial charge in [0.25, 0.3) is 0 Å². The van der Waals surface area contributed by atoms with Gasteiger partial charge in [-0.2, -0.15) is 0 Å². The standard InChI is InChI=1S/4CH2O3.2Ca/c4*2-1(3)4;;/h4*(H2,2,3,4);;/q;;;;2*+2/p-4. The topological polar surface area (TPSA) is 241 Å². The smallest absolute Gasteiger partial charge is 0.565 e. The number of rotatable bonds is 0. The van der Waals surface area contributed by atoms with E-state index in [2.05, 4.69) is 0 Å². The second kappa shape index (κ2) is 30.0. The number of hydrogen-bond donors (Lipinski definition) is 4. The molecular formula is C4H4Ca2O12. The van der Waals surface area contributed by atoms with Gasteiger partial charge >= 0.3 is 75.5 Å². The molecule has 0 rings (SSSR count). The third-order valence-corrected chi connectivity index (χ3v) is 0. The summed E-state index contributed by atoms with van der Waals surface area (Å²) in [6.45, 7) is 0. The van der Waals surface area contributed by atoms with Crippen LogP contribution in [0.3, 0.4) is 0 Å². The molecule has 0 aromatic carbocycles. The largest absolute Gasteiger partial charge is 2.00 e. The van der Waals surface area contributed by atoms with Gasteiger partial charge in [0.1, 0.15) is 0 Å². The van der Waals surface area contributed by atoms with Crippen LogP contribution in [0.4, 0.5) is 19.2 Å². The van der Waals surface area contributed by atoms with Crippen molar-refractivity contribution in [2.24, 2.45) is 0 Å². The molecule has 0 atom stereocenters. The predicted octanol–water partition coefficient (Wildman–Crippen LogP) is -5.21. The molecule has 0 saturated heterocycles. The second-order valence-electron chi connectivity index (χ2n) is 1.06. The molecule has 0 heterocycles. The van der Waals surface area contributed by atoms with Crippen molar-refractivity contribution in [3.63, 3.8) is 0 Å². The van der Waals surface area contributed by atoms with Crippen molar-refractivity contribution in [2.75, 3.05) is 0 Å². The first-order valence-corrected chi connectivity index (χ1v) is 2.53. The maximum absolute atomic E-state index is 8.44. The van der Waals surface area contributed by atoms with Crippen LogP contribution in [0.25, 0.3) is 0 Å². The van der Waals surface area contributed by atoms with Crippen LogP contribution >= 0.6 is 0 Å². The van der Waals surface area contributed by atoms with E-state index in [9.17, 15) is 0 Å². The molecule has 0 aliphatic heterocycles. The molecule has 0 bridgehead atoms. The van der Waals surface area contributed by atoms with E-state index in [1.807, 2.05) is 0 Å². The Hall–Kier alpha value is -0.401. The Balaban J connectivity index is -0.0000000257. The minimum atomic E-state index is -2.08. The summed E-state index contributed by atoms with van der Waals surface area (Å²) in [4.78, 5) is 33.8. The molecule has 4 N–H and O–H groups in total. The average molecular weight is 324 g/mol. The van der Waals surface area contributed by atoms with Crippen molar-refractivity contribution in [1.29, 1.82) is 0 Å². The normalized spacial score (nSPS) is 5.33. The van der Waals surface area contributed by atoms with Crippen LogP contribution in [-0.4, -0.2) is 121 Å². The van der Waals surface area contributed by atoms with Crippen molar-refractivity contribution < 1.29 is 60.0 Å². The summed E-state index contributed by atoms with van der Waals surface area (Å²) in [6.07, 6.45) is -8.33. The first-order chi connectivity index (χ1) is 6.93. The zero-order valence-corrected chi connectivity index (χ0v) is 12.9. The zero-order valence-electron chi connectivity index (χ0n) is 8.47. The van der Waals surface area contributed by atoms with Gasteiger partial charge in [0, 0.05) is 0 Å².